The van der Waals surface area contributed by atoms with Gasteiger partial charge in [0.2, 0.25) is 15.9 Å². The van der Waals surface area contributed by atoms with Crippen molar-refractivity contribution in [2.75, 3.05) is 32.8 Å². The predicted octanol–water partition coefficient (Wildman–Crippen LogP) is 5.25. The molecule has 34 heavy (non-hydrogen) atoms. The number of carbonyl (C=O) groups excluding carboxylic acids is 1. The molecule has 2 saturated heterocycles. The first kappa shape index (κ1) is 25.3. The maximum absolute atomic E-state index is 13.6. The van der Waals surface area contributed by atoms with E-state index in [2.05, 4.69) is 0 Å². The zero-order valence-corrected chi connectivity index (χ0v) is 21.4. The minimum absolute atomic E-state index is 0.0104. The lowest BCUT2D eigenvalue weighted by Crippen LogP contribution is -2.51. The van der Waals surface area contributed by atoms with E-state index in [1.54, 1.807) is 6.07 Å². The predicted molar refractivity (Wildman–Crippen MR) is 134 cm³/mol. The highest BCUT2D eigenvalue weighted by Crippen LogP contribution is 2.39. The average molecular weight is 525 g/mol. The number of ether oxygens (including phenoxy) is 1. The number of amides is 1. The van der Waals surface area contributed by atoms with Crippen molar-refractivity contribution in [1.29, 1.82) is 0 Å². The molecule has 2 heterocycles. The quantitative estimate of drug-likeness (QED) is 0.496. The molecule has 4 rings (SSSR count). The minimum Gasteiger partial charge on any atom is -0.493 e. The zero-order valence-electron chi connectivity index (χ0n) is 19.1. The summed E-state index contributed by atoms with van der Waals surface area (Å²) in [6.07, 6.45) is 4.73. The van der Waals surface area contributed by atoms with Crippen molar-refractivity contribution in [3.63, 3.8) is 0 Å². The Bertz CT molecular complexity index is 1110. The van der Waals surface area contributed by atoms with Crippen molar-refractivity contribution >= 4 is 39.1 Å². The highest BCUT2D eigenvalue weighted by Gasteiger charge is 2.43. The molecule has 0 saturated carbocycles. The van der Waals surface area contributed by atoms with Crippen molar-refractivity contribution in [1.82, 2.24) is 9.21 Å². The van der Waals surface area contributed by atoms with Crippen LogP contribution < -0.4 is 4.74 Å². The Morgan fingerprint density at radius 3 is 2.44 bits per heavy atom. The number of halogens is 2. The normalized spacial score (nSPS) is 21.9. The molecular weight excluding hydrogens is 495 g/mol. The van der Waals surface area contributed by atoms with E-state index >= 15 is 0 Å². The number of hydrogen-bond donors (Lipinski definition) is 0. The van der Waals surface area contributed by atoms with Crippen molar-refractivity contribution in [2.45, 2.75) is 43.4 Å². The van der Waals surface area contributed by atoms with Crippen LogP contribution >= 0.6 is 23.2 Å². The molecule has 0 bridgehead atoms. The second-order valence-corrected chi connectivity index (χ2v) is 12.0. The second-order valence-electron chi connectivity index (χ2n) is 9.24. The summed E-state index contributed by atoms with van der Waals surface area (Å²) in [7, 11) is -3.89. The van der Waals surface area contributed by atoms with Crippen LogP contribution in [0, 0.1) is 5.41 Å². The summed E-state index contributed by atoms with van der Waals surface area (Å²) < 4.78 is 34.7. The molecule has 6 nitrogen and oxygen atoms in total. The Labute approximate surface area is 211 Å². The van der Waals surface area contributed by atoms with Gasteiger partial charge in [0.15, 0.2) is 0 Å². The van der Waals surface area contributed by atoms with Crippen LogP contribution in [0.3, 0.4) is 0 Å². The van der Waals surface area contributed by atoms with Crippen LogP contribution in [0.1, 0.15) is 38.5 Å². The van der Waals surface area contributed by atoms with Gasteiger partial charge in [-0.3, -0.25) is 4.79 Å². The van der Waals surface area contributed by atoms with E-state index < -0.39 is 15.4 Å². The molecule has 0 radical (unpaired) electrons. The van der Waals surface area contributed by atoms with E-state index in [0.717, 1.165) is 32.4 Å². The van der Waals surface area contributed by atoms with E-state index in [9.17, 15) is 13.2 Å². The number of piperidine rings is 2. The number of benzene rings is 2. The molecule has 0 aliphatic carbocycles. The molecule has 0 unspecified atom stereocenters. The SMILES string of the molecule is O=C(C[C@@]1(COc2ccccc2)CCCN(S(=O)(=O)c2cc(Cl)ccc2Cl)C1)N1CCCCC1. The van der Waals surface area contributed by atoms with Crippen LogP contribution in [0.4, 0.5) is 0 Å². The third-order valence-electron chi connectivity index (χ3n) is 6.66. The number of hydrogen-bond acceptors (Lipinski definition) is 4. The smallest absolute Gasteiger partial charge is 0.244 e. The number of sulfonamides is 1. The third-order valence-corrected chi connectivity index (χ3v) is 9.22. The van der Waals surface area contributed by atoms with Crippen LogP contribution in [0.5, 0.6) is 5.75 Å². The van der Waals surface area contributed by atoms with Gasteiger partial charge in [-0.15, -0.1) is 0 Å². The number of likely N-dealkylation sites (tertiary alicyclic amines) is 1. The maximum Gasteiger partial charge on any atom is 0.244 e. The summed E-state index contributed by atoms with van der Waals surface area (Å²) in [5.74, 6) is 0.765. The van der Waals surface area contributed by atoms with Gasteiger partial charge in [-0.05, 0) is 62.4 Å². The lowest BCUT2D eigenvalue weighted by Gasteiger charge is -2.42. The van der Waals surface area contributed by atoms with E-state index in [4.69, 9.17) is 27.9 Å². The molecule has 2 aliphatic heterocycles. The fourth-order valence-electron chi connectivity index (χ4n) is 4.82. The molecule has 9 heteroatoms. The van der Waals surface area contributed by atoms with Gasteiger partial charge in [0.1, 0.15) is 10.6 Å². The fraction of sp³-hybridized carbons (Fsp3) is 0.480. The van der Waals surface area contributed by atoms with Gasteiger partial charge in [0, 0.05) is 43.0 Å². The molecule has 1 amide bonds. The largest absolute Gasteiger partial charge is 0.493 e. The van der Waals surface area contributed by atoms with Crippen molar-refractivity contribution in [3.8, 4) is 5.75 Å². The Balaban J connectivity index is 1.60. The summed E-state index contributed by atoms with van der Waals surface area (Å²) in [5.41, 5.74) is -0.638. The lowest BCUT2D eigenvalue weighted by atomic mass is 9.78. The molecule has 0 aromatic heterocycles. The standard InChI is InChI=1S/C25H30Cl2N2O4S/c26-20-10-11-22(27)23(16-20)34(31,32)29-15-7-12-25(18-29,19-33-21-8-3-1-4-9-21)17-24(30)28-13-5-2-6-14-28/h1,3-4,8-11,16H,2,5-7,12-15,17-19H2/t25-/m0/s1. The van der Waals surface area contributed by atoms with Crippen LogP contribution in [0.25, 0.3) is 0 Å². The van der Waals surface area contributed by atoms with Crippen molar-refractivity contribution in [3.05, 3.63) is 58.6 Å². The van der Waals surface area contributed by atoms with Crippen molar-refractivity contribution < 1.29 is 17.9 Å². The zero-order chi connectivity index (χ0) is 24.2. The van der Waals surface area contributed by atoms with Crippen LogP contribution in [0.2, 0.25) is 10.0 Å². The molecular formula is C25H30Cl2N2O4S. The highest BCUT2D eigenvalue weighted by molar-refractivity contribution is 7.89. The van der Waals surface area contributed by atoms with Crippen molar-refractivity contribution in [2.24, 2.45) is 5.41 Å². The van der Waals surface area contributed by atoms with Crippen LogP contribution in [0.15, 0.2) is 53.4 Å². The van der Waals surface area contributed by atoms with Crippen LogP contribution in [-0.2, 0) is 14.8 Å². The maximum atomic E-state index is 13.6. The monoisotopic (exact) mass is 524 g/mol. The summed E-state index contributed by atoms with van der Waals surface area (Å²) in [5, 5.41) is 0.435. The summed E-state index contributed by atoms with van der Waals surface area (Å²) in [4.78, 5) is 15.2. The first-order valence-corrected chi connectivity index (χ1v) is 13.9. The number of nitrogens with zero attached hydrogens (tertiary/aromatic N) is 2. The lowest BCUT2D eigenvalue weighted by molar-refractivity contribution is -0.136. The molecule has 2 aromatic carbocycles. The van der Waals surface area contributed by atoms with E-state index in [1.165, 1.54) is 16.4 Å². The third kappa shape index (κ3) is 5.88. The van der Waals surface area contributed by atoms with Gasteiger partial charge < -0.3 is 9.64 Å². The number of rotatable bonds is 7. The van der Waals surface area contributed by atoms with Gasteiger partial charge in [0.05, 0.1) is 11.6 Å². The number of para-hydroxylation sites is 1. The summed E-state index contributed by atoms with van der Waals surface area (Å²) in [6.45, 7) is 2.32. The Kier molecular flexibility index (Phi) is 8.08. The summed E-state index contributed by atoms with van der Waals surface area (Å²) >= 11 is 12.3. The molecule has 2 fully saturated rings. The topological polar surface area (TPSA) is 66.9 Å². The first-order chi connectivity index (χ1) is 16.3. The van der Waals surface area contributed by atoms with E-state index in [0.29, 0.717) is 30.2 Å². The minimum atomic E-state index is -3.89. The average Bonchev–Trinajstić information content (AvgIpc) is 2.85. The molecule has 2 aromatic rings. The van der Waals surface area contributed by atoms with Gasteiger partial charge in [-0.2, -0.15) is 4.31 Å². The molecule has 0 N–H and O–H groups in total. The molecule has 184 valence electrons. The van der Waals surface area contributed by atoms with Gasteiger partial charge in [0.25, 0.3) is 0 Å². The van der Waals surface area contributed by atoms with Gasteiger partial charge in [-0.1, -0.05) is 41.4 Å². The molecule has 0 spiro atoms. The highest BCUT2D eigenvalue weighted by atomic mass is 35.5. The molecule has 2 aliphatic rings. The second kappa shape index (κ2) is 10.9. The summed E-state index contributed by atoms with van der Waals surface area (Å²) in [6, 6.07) is 13.9. The Hall–Kier alpha value is -1.80. The van der Waals surface area contributed by atoms with E-state index in [1.807, 2.05) is 35.2 Å². The number of carbonyl (C=O) groups is 1. The van der Waals surface area contributed by atoms with Gasteiger partial charge in [-0.25, -0.2) is 8.42 Å². The Morgan fingerprint density at radius 2 is 1.71 bits per heavy atom. The first-order valence-electron chi connectivity index (χ1n) is 11.7. The van der Waals surface area contributed by atoms with E-state index in [-0.39, 0.29) is 35.4 Å². The Morgan fingerprint density at radius 1 is 0.971 bits per heavy atom. The fourth-order valence-corrected chi connectivity index (χ4v) is 7.15. The van der Waals surface area contributed by atoms with Gasteiger partial charge >= 0.3 is 0 Å². The van der Waals surface area contributed by atoms with Crippen LogP contribution in [-0.4, -0.2) is 56.3 Å². The molecule has 1 atom stereocenters.